The Balaban J connectivity index is 1.45. The molecule has 2 aliphatic rings. The van der Waals surface area contributed by atoms with Crippen molar-refractivity contribution in [2.45, 2.75) is 59.0 Å². The maximum atomic E-state index is 13.5. The van der Waals surface area contributed by atoms with E-state index in [1.165, 1.54) is 0 Å². The van der Waals surface area contributed by atoms with Crippen molar-refractivity contribution in [1.29, 1.82) is 0 Å². The lowest BCUT2D eigenvalue weighted by molar-refractivity contribution is 0.0938. The molecule has 3 aromatic rings. The van der Waals surface area contributed by atoms with E-state index in [0.29, 0.717) is 29.3 Å². The van der Waals surface area contributed by atoms with Crippen LogP contribution in [0.4, 0.5) is 17.1 Å². The van der Waals surface area contributed by atoms with Crippen LogP contribution in [0.1, 0.15) is 72.9 Å². The molecule has 1 fully saturated rings. The molecule has 5 rings (SSSR count). The topological polar surface area (TPSA) is 86.7 Å². The Bertz CT molecular complexity index is 1460. The number of hydrogen-bond acceptors (Lipinski definition) is 5. The first-order valence-electron chi connectivity index (χ1n) is 14.9. The minimum Gasteiger partial charge on any atom is -0.372 e. The zero-order valence-electron chi connectivity index (χ0n) is 24.5. The van der Waals surface area contributed by atoms with Crippen LogP contribution in [-0.4, -0.2) is 48.6 Å². The highest BCUT2D eigenvalue weighted by atomic mass is 16.2. The summed E-state index contributed by atoms with van der Waals surface area (Å²) in [5.74, 6) is 0.173. The van der Waals surface area contributed by atoms with E-state index in [0.717, 1.165) is 56.1 Å². The lowest BCUT2D eigenvalue weighted by atomic mass is 9.83. The van der Waals surface area contributed by atoms with E-state index in [2.05, 4.69) is 40.3 Å². The van der Waals surface area contributed by atoms with E-state index in [9.17, 15) is 14.4 Å². The van der Waals surface area contributed by atoms with Crippen LogP contribution in [0.25, 0.3) is 0 Å². The van der Waals surface area contributed by atoms with Gasteiger partial charge in [-0.1, -0.05) is 13.0 Å². The molecule has 2 aromatic carbocycles. The Labute approximate surface area is 242 Å². The molecule has 41 heavy (non-hydrogen) atoms. The van der Waals surface area contributed by atoms with Gasteiger partial charge in [0.05, 0.1) is 11.4 Å². The lowest BCUT2D eigenvalue weighted by Gasteiger charge is -2.44. The summed E-state index contributed by atoms with van der Waals surface area (Å²) < 4.78 is 1.92. The van der Waals surface area contributed by atoms with Crippen LogP contribution >= 0.6 is 0 Å². The summed E-state index contributed by atoms with van der Waals surface area (Å²) >= 11 is 0. The van der Waals surface area contributed by atoms with Gasteiger partial charge in [-0.2, -0.15) is 0 Å². The van der Waals surface area contributed by atoms with Gasteiger partial charge in [-0.25, -0.2) is 0 Å². The number of carbonyl (C=O) groups is 2. The number of hydrogen-bond donors (Lipinski definition) is 2. The first-order valence-corrected chi connectivity index (χ1v) is 14.9. The van der Waals surface area contributed by atoms with E-state index in [-0.39, 0.29) is 29.3 Å². The third-order valence-corrected chi connectivity index (χ3v) is 8.58. The molecule has 8 nitrogen and oxygen atoms in total. The van der Waals surface area contributed by atoms with Crippen LogP contribution in [0, 0.1) is 5.92 Å². The van der Waals surface area contributed by atoms with E-state index >= 15 is 0 Å². The number of fused-ring (bicyclic) bond motifs is 4. The number of nitrogens with one attached hydrogen (secondary N) is 2. The number of anilines is 3. The van der Waals surface area contributed by atoms with Gasteiger partial charge < -0.3 is 25.0 Å². The number of carbonyl (C=O) groups excluding carboxylic acids is 2. The molecule has 0 unspecified atom stereocenters. The molecule has 3 heterocycles. The number of rotatable bonds is 9. The third-order valence-electron chi connectivity index (χ3n) is 8.58. The molecular formula is C33H41N5O3. The fourth-order valence-corrected chi connectivity index (χ4v) is 6.16. The van der Waals surface area contributed by atoms with Crippen molar-refractivity contribution in [1.82, 2.24) is 9.88 Å². The lowest BCUT2D eigenvalue weighted by Crippen LogP contribution is -2.47. The smallest absolute Gasteiger partial charge is 0.255 e. The van der Waals surface area contributed by atoms with Crippen LogP contribution in [-0.2, 0) is 6.54 Å². The molecule has 0 radical (unpaired) electrons. The number of nitrogens with zero attached hydrogens (tertiary/aromatic N) is 3. The molecule has 3 atom stereocenters. The monoisotopic (exact) mass is 555 g/mol. The Morgan fingerprint density at radius 1 is 0.927 bits per heavy atom. The van der Waals surface area contributed by atoms with Gasteiger partial charge in [0.2, 0.25) is 0 Å². The van der Waals surface area contributed by atoms with Gasteiger partial charge >= 0.3 is 0 Å². The molecule has 0 saturated carbocycles. The largest absolute Gasteiger partial charge is 0.372 e. The van der Waals surface area contributed by atoms with Gasteiger partial charge in [-0.3, -0.25) is 14.4 Å². The normalized spacial score (nSPS) is 18.3. The maximum Gasteiger partial charge on any atom is 0.255 e. The minimum atomic E-state index is -0.217. The predicted molar refractivity (Wildman–Crippen MR) is 165 cm³/mol. The second-order valence-electron chi connectivity index (χ2n) is 11.3. The maximum absolute atomic E-state index is 13.5. The molecule has 8 heteroatoms. The van der Waals surface area contributed by atoms with Gasteiger partial charge in [0.15, 0.2) is 0 Å². The number of benzene rings is 2. The van der Waals surface area contributed by atoms with Crippen molar-refractivity contribution in [2.75, 3.05) is 41.3 Å². The Morgan fingerprint density at radius 2 is 1.66 bits per heavy atom. The summed E-state index contributed by atoms with van der Waals surface area (Å²) in [6.45, 7) is 12.2. The summed E-state index contributed by atoms with van der Waals surface area (Å²) in [7, 11) is 0. The Hall–Kier alpha value is -4.07. The molecule has 0 aliphatic carbocycles. The average molecular weight is 556 g/mol. The van der Waals surface area contributed by atoms with Gasteiger partial charge in [0.1, 0.15) is 0 Å². The first-order chi connectivity index (χ1) is 19.8. The van der Waals surface area contributed by atoms with Crippen LogP contribution in [0.2, 0.25) is 0 Å². The van der Waals surface area contributed by atoms with E-state index in [1.54, 1.807) is 12.1 Å². The first kappa shape index (κ1) is 28.5. The zero-order valence-corrected chi connectivity index (χ0v) is 24.5. The fraction of sp³-hybridized carbons (Fsp3) is 0.424. The number of aromatic nitrogens is 1. The van der Waals surface area contributed by atoms with Crippen LogP contribution in [0.3, 0.4) is 0 Å². The fourth-order valence-electron chi connectivity index (χ4n) is 6.16. The summed E-state index contributed by atoms with van der Waals surface area (Å²) in [5.41, 5.74) is 4.78. The van der Waals surface area contributed by atoms with Crippen molar-refractivity contribution in [2.24, 2.45) is 5.92 Å². The second-order valence-corrected chi connectivity index (χ2v) is 11.3. The molecule has 2 N–H and O–H groups in total. The standard InChI is InChI=1S/C33H41N5O3/c1-5-22(4)34-33(41)25-13-16-30(37-19-23-17-26(21-37)29-9-8-10-31(39)38(29)20-23)28(18-25)35-32(40)24-11-14-27(15-12-24)36(6-2)7-3/h8-16,18,22-23,26H,5-7,17,19-21H2,1-4H3,(H,34,41)(H,35,40)/t22-,23-,26+/m1/s1. The van der Waals surface area contributed by atoms with Gasteiger partial charge in [0.25, 0.3) is 17.4 Å². The summed E-state index contributed by atoms with van der Waals surface area (Å²) in [6, 6.07) is 18.8. The van der Waals surface area contributed by atoms with Crippen molar-refractivity contribution < 1.29 is 9.59 Å². The number of amides is 2. The van der Waals surface area contributed by atoms with Gasteiger partial charge in [0, 0.05) is 73.3 Å². The highest BCUT2D eigenvalue weighted by molar-refractivity contribution is 6.07. The molecule has 0 spiro atoms. The quantitative estimate of drug-likeness (QED) is 0.384. The highest BCUT2D eigenvalue weighted by Crippen LogP contribution is 2.39. The van der Waals surface area contributed by atoms with Crippen LogP contribution < -0.4 is 26.0 Å². The summed E-state index contributed by atoms with van der Waals surface area (Å²) in [4.78, 5) is 43.6. The highest BCUT2D eigenvalue weighted by Gasteiger charge is 2.35. The Morgan fingerprint density at radius 3 is 2.37 bits per heavy atom. The Kier molecular flexibility index (Phi) is 8.47. The number of pyridine rings is 1. The van der Waals surface area contributed by atoms with E-state index < -0.39 is 0 Å². The molecule has 1 aromatic heterocycles. The molecule has 2 aliphatic heterocycles. The van der Waals surface area contributed by atoms with Crippen molar-refractivity contribution in [3.8, 4) is 0 Å². The molecule has 2 amide bonds. The molecule has 216 valence electrons. The van der Waals surface area contributed by atoms with Crippen molar-refractivity contribution in [3.05, 3.63) is 87.8 Å². The van der Waals surface area contributed by atoms with Crippen LogP contribution in [0.5, 0.6) is 0 Å². The number of piperidine rings is 1. The second kappa shape index (κ2) is 12.2. The SMILES string of the molecule is CC[C@@H](C)NC(=O)c1ccc(N2C[C@H]3C[C@@H](C2)c2cccc(=O)n2C3)c(NC(=O)c2ccc(N(CC)CC)cc2)c1. The van der Waals surface area contributed by atoms with Gasteiger partial charge in [-0.15, -0.1) is 0 Å². The summed E-state index contributed by atoms with van der Waals surface area (Å²) in [5, 5.41) is 6.16. The van der Waals surface area contributed by atoms with Crippen LogP contribution in [0.15, 0.2) is 65.5 Å². The van der Waals surface area contributed by atoms with Crippen molar-refractivity contribution >= 4 is 28.9 Å². The summed E-state index contributed by atoms with van der Waals surface area (Å²) in [6.07, 6.45) is 1.87. The van der Waals surface area contributed by atoms with Crippen molar-refractivity contribution in [3.63, 3.8) is 0 Å². The predicted octanol–water partition coefficient (Wildman–Crippen LogP) is 5.10. The average Bonchev–Trinajstić information content (AvgIpc) is 2.98. The third kappa shape index (κ3) is 6.01. The molecular weight excluding hydrogens is 514 g/mol. The molecule has 1 saturated heterocycles. The van der Waals surface area contributed by atoms with E-state index in [4.69, 9.17) is 0 Å². The van der Waals surface area contributed by atoms with Gasteiger partial charge in [-0.05, 0) is 88.1 Å². The molecule has 2 bridgehead atoms. The zero-order chi connectivity index (χ0) is 29.1. The van der Waals surface area contributed by atoms with E-state index in [1.807, 2.05) is 60.9 Å². The minimum absolute atomic E-state index is 0.0504.